The van der Waals surface area contributed by atoms with E-state index in [0.717, 1.165) is 6.07 Å². The van der Waals surface area contributed by atoms with Crippen molar-refractivity contribution in [3.8, 4) is 0 Å². The van der Waals surface area contributed by atoms with Crippen LogP contribution < -0.4 is 5.73 Å². The van der Waals surface area contributed by atoms with Crippen LogP contribution in [-0.4, -0.2) is 30.9 Å². The summed E-state index contributed by atoms with van der Waals surface area (Å²) < 4.78 is 27.0. The number of hydrogen-bond donors (Lipinski definition) is 1. The summed E-state index contributed by atoms with van der Waals surface area (Å²) in [5.41, 5.74) is 5.82. The van der Waals surface area contributed by atoms with Gasteiger partial charge in [0.05, 0.1) is 0 Å². The average Bonchev–Trinajstić information content (AvgIpc) is 3.20. The number of amides is 1. The van der Waals surface area contributed by atoms with Gasteiger partial charge in [0.2, 0.25) is 5.91 Å². The van der Waals surface area contributed by atoms with E-state index in [0.29, 0.717) is 25.1 Å². The highest BCUT2D eigenvalue weighted by atomic mass is 19.2. The van der Waals surface area contributed by atoms with E-state index in [-0.39, 0.29) is 23.2 Å². The van der Waals surface area contributed by atoms with E-state index >= 15 is 0 Å². The normalized spacial score (nSPS) is 21.2. The summed E-state index contributed by atoms with van der Waals surface area (Å²) in [5.74, 6) is -2.17. The van der Waals surface area contributed by atoms with E-state index in [9.17, 15) is 13.6 Å². The van der Waals surface area contributed by atoms with Crippen LogP contribution in [0, 0.1) is 23.0 Å². The molecule has 1 aliphatic carbocycles. The predicted molar refractivity (Wildman–Crippen MR) is 77.7 cm³/mol. The molecule has 0 heterocycles. The first-order valence-electron chi connectivity index (χ1n) is 7.16. The summed E-state index contributed by atoms with van der Waals surface area (Å²) in [6.07, 6.45) is 0.576. The highest BCUT2D eigenvalue weighted by Gasteiger charge is 2.47. The lowest BCUT2D eigenvalue weighted by molar-refractivity contribution is -0.132. The third kappa shape index (κ3) is 3.40. The monoisotopic (exact) mass is 296 g/mol. The van der Waals surface area contributed by atoms with Crippen molar-refractivity contribution >= 4 is 5.91 Å². The Morgan fingerprint density at radius 1 is 1.43 bits per heavy atom. The van der Waals surface area contributed by atoms with E-state index in [1.807, 2.05) is 13.8 Å². The molecule has 2 atom stereocenters. The summed E-state index contributed by atoms with van der Waals surface area (Å²) in [6, 6.07) is 4.13. The molecule has 21 heavy (non-hydrogen) atoms. The molecule has 2 unspecified atom stereocenters. The van der Waals surface area contributed by atoms with E-state index < -0.39 is 11.6 Å². The van der Waals surface area contributed by atoms with Gasteiger partial charge in [0.1, 0.15) is 0 Å². The zero-order valence-corrected chi connectivity index (χ0v) is 12.7. The first-order chi connectivity index (χ1) is 9.76. The Bertz CT molecular complexity index is 545. The molecule has 1 fully saturated rings. The van der Waals surface area contributed by atoms with Crippen molar-refractivity contribution in [3.05, 3.63) is 35.4 Å². The van der Waals surface area contributed by atoms with E-state index in [4.69, 9.17) is 5.73 Å². The van der Waals surface area contributed by atoms with Gasteiger partial charge in [-0.1, -0.05) is 26.0 Å². The number of hydrogen-bond acceptors (Lipinski definition) is 2. The minimum absolute atomic E-state index is 0.0230. The fourth-order valence-electron chi connectivity index (χ4n) is 2.69. The predicted octanol–water partition coefficient (Wildman–Crippen LogP) is 2.51. The van der Waals surface area contributed by atoms with Gasteiger partial charge in [0.25, 0.3) is 0 Å². The van der Waals surface area contributed by atoms with Crippen molar-refractivity contribution in [1.82, 2.24) is 4.90 Å². The van der Waals surface area contributed by atoms with Gasteiger partial charge >= 0.3 is 0 Å². The molecule has 0 aromatic heterocycles. The van der Waals surface area contributed by atoms with Crippen molar-refractivity contribution < 1.29 is 13.6 Å². The Kier molecular flexibility index (Phi) is 4.33. The summed E-state index contributed by atoms with van der Waals surface area (Å²) in [7, 11) is 1.73. The number of benzene rings is 1. The minimum atomic E-state index is -0.858. The Morgan fingerprint density at radius 2 is 2.10 bits per heavy atom. The molecule has 1 aromatic carbocycles. The van der Waals surface area contributed by atoms with Gasteiger partial charge in [0, 0.05) is 19.5 Å². The molecule has 1 aromatic rings. The van der Waals surface area contributed by atoms with Gasteiger partial charge in [-0.2, -0.15) is 0 Å². The second kappa shape index (κ2) is 5.72. The lowest BCUT2D eigenvalue weighted by Gasteiger charge is -2.29. The molecule has 2 N–H and O–H groups in total. The molecule has 0 saturated heterocycles. The second-order valence-corrected chi connectivity index (χ2v) is 6.65. The highest BCUT2D eigenvalue weighted by molar-refractivity contribution is 5.82. The van der Waals surface area contributed by atoms with Crippen LogP contribution >= 0.6 is 0 Å². The summed E-state index contributed by atoms with van der Waals surface area (Å²) in [6.45, 7) is 5.02. The van der Waals surface area contributed by atoms with E-state index in [1.54, 1.807) is 18.0 Å². The fourth-order valence-corrected chi connectivity index (χ4v) is 2.69. The molecular formula is C16H22F2N2O. The third-order valence-electron chi connectivity index (χ3n) is 4.08. The third-order valence-corrected chi connectivity index (χ3v) is 4.08. The molecule has 3 nitrogen and oxygen atoms in total. The van der Waals surface area contributed by atoms with Crippen LogP contribution in [0.4, 0.5) is 8.78 Å². The SMILES string of the molecule is CN(CC(C)(C)CN)C(=O)C1CC1c1cccc(F)c1F. The first kappa shape index (κ1) is 15.9. The van der Waals surface area contributed by atoms with Crippen LogP contribution in [0.1, 0.15) is 31.7 Å². The smallest absolute Gasteiger partial charge is 0.226 e. The van der Waals surface area contributed by atoms with Gasteiger partial charge in [-0.05, 0) is 35.9 Å². The molecule has 0 spiro atoms. The molecule has 2 rings (SSSR count). The van der Waals surface area contributed by atoms with Gasteiger partial charge < -0.3 is 10.6 Å². The van der Waals surface area contributed by atoms with Crippen molar-refractivity contribution in [2.45, 2.75) is 26.2 Å². The van der Waals surface area contributed by atoms with Crippen LogP contribution in [-0.2, 0) is 4.79 Å². The van der Waals surface area contributed by atoms with Crippen LogP contribution in [0.3, 0.4) is 0 Å². The van der Waals surface area contributed by atoms with Gasteiger partial charge in [-0.25, -0.2) is 8.78 Å². The number of nitrogens with two attached hydrogens (primary N) is 1. The molecule has 1 saturated carbocycles. The number of carbonyl (C=O) groups excluding carboxylic acids is 1. The van der Waals surface area contributed by atoms with Crippen LogP contribution in [0.2, 0.25) is 0 Å². The largest absolute Gasteiger partial charge is 0.345 e. The Labute approximate surface area is 124 Å². The molecule has 116 valence electrons. The number of carbonyl (C=O) groups is 1. The van der Waals surface area contributed by atoms with Crippen LogP contribution in [0.25, 0.3) is 0 Å². The van der Waals surface area contributed by atoms with Crippen molar-refractivity contribution in [3.63, 3.8) is 0 Å². The highest BCUT2D eigenvalue weighted by Crippen LogP contribution is 2.49. The lowest BCUT2D eigenvalue weighted by Crippen LogP contribution is -2.40. The Hall–Kier alpha value is -1.49. The second-order valence-electron chi connectivity index (χ2n) is 6.65. The van der Waals surface area contributed by atoms with Gasteiger partial charge in [-0.15, -0.1) is 0 Å². The zero-order chi connectivity index (χ0) is 15.8. The maximum Gasteiger partial charge on any atom is 0.226 e. The van der Waals surface area contributed by atoms with E-state index in [1.165, 1.54) is 6.07 Å². The molecule has 0 aliphatic heterocycles. The molecular weight excluding hydrogens is 274 g/mol. The van der Waals surface area contributed by atoms with E-state index in [2.05, 4.69) is 0 Å². The standard InChI is InChI=1S/C16H22F2N2O/c1-16(2,8-19)9-20(3)15(21)12-7-11(12)10-5-4-6-13(17)14(10)18/h4-6,11-12H,7-9,19H2,1-3H3. The Balaban J connectivity index is 2.03. The maximum absolute atomic E-state index is 13.7. The van der Waals surface area contributed by atoms with Crippen molar-refractivity contribution in [1.29, 1.82) is 0 Å². The topological polar surface area (TPSA) is 46.3 Å². The molecule has 1 aliphatic rings. The minimum Gasteiger partial charge on any atom is -0.345 e. The molecule has 0 radical (unpaired) electrons. The van der Waals surface area contributed by atoms with Crippen LogP contribution in [0.5, 0.6) is 0 Å². The van der Waals surface area contributed by atoms with Crippen molar-refractivity contribution in [2.75, 3.05) is 20.1 Å². The van der Waals surface area contributed by atoms with Gasteiger partial charge in [0.15, 0.2) is 11.6 Å². The fraction of sp³-hybridized carbons (Fsp3) is 0.562. The van der Waals surface area contributed by atoms with Crippen molar-refractivity contribution in [2.24, 2.45) is 17.1 Å². The van der Waals surface area contributed by atoms with Gasteiger partial charge in [-0.3, -0.25) is 4.79 Å². The average molecular weight is 296 g/mol. The maximum atomic E-state index is 13.7. The first-order valence-corrected chi connectivity index (χ1v) is 7.16. The number of halogens is 2. The lowest BCUT2D eigenvalue weighted by atomic mass is 9.93. The molecule has 5 heteroatoms. The zero-order valence-electron chi connectivity index (χ0n) is 12.7. The molecule has 1 amide bonds. The summed E-state index contributed by atoms with van der Waals surface area (Å²) >= 11 is 0. The van der Waals surface area contributed by atoms with Crippen LogP contribution in [0.15, 0.2) is 18.2 Å². The number of nitrogens with zero attached hydrogens (tertiary/aromatic N) is 1. The number of rotatable bonds is 5. The molecule has 0 bridgehead atoms. The Morgan fingerprint density at radius 3 is 2.71 bits per heavy atom. The quantitative estimate of drug-likeness (QED) is 0.907. The summed E-state index contributed by atoms with van der Waals surface area (Å²) in [4.78, 5) is 14.0. The summed E-state index contributed by atoms with van der Waals surface area (Å²) in [5, 5.41) is 0.